The summed E-state index contributed by atoms with van der Waals surface area (Å²) in [6.07, 6.45) is 1.70. The second-order valence-electron chi connectivity index (χ2n) is 4.10. The minimum absolute atomic E-state index is 0.201. The molecule has 14 heavy (non-hydrogen) atoms. The van der Waals surface area contributed by atoms with Gasteiger partial charge in [-0.3, -0.25) is 4.90 Å². The Balaban J connectivity index is 2.62. The lowest BCUT2D eigenvalue weighted by molar-refractivity contribution is 0.199. The van der Waals surface area contributed by atoms with Crippen LogP contribution >= 0.6 is 0 Å². The second kappa shape index (κ2) is 5.17. The summed E-state index contributed by atoms with van der Waals surface area (Å²) in [7, 11) is 2.08. The minimum Gasteiger partial charge on any atom is -0.468 e. The average molecular weight is 196 g/mol. The average Bonchev–Trinajstić information content (AvgIpc) is 2.57. The van der Waals surface area contributed by atoms with E-state index in [1.807, 2.05) is 12.1 Å². The highest BCUT2D eigenvalue weighted by Crippen LogP contribution is 2.19. The van der Waals surface area contributed by atoms with Gasteiger partial charge in [-0.2, -0.15) is 0 Å². The SMILES string of the molecule is CC(C)CN(C)C(CN)c1ccco1. The van der Waals surface area contributed by atoms with Gasteiger partial charge >= 0.3 is 0 Å². The molecule has 3 heteroatoms. The van der Waals surface area contributed by atoms with Gasteiger partial charge < -0.3 is 10.2 Å². The van der Waals surface area contributed by atoms with E-state index in [4.69, 9.17) is 10.2 Å². The third-order valence-electron chi connectivity index (χ3n) is 2.28. The first-order chi connectivity index (χ1) is 6.65. The Hall–Kier alpha value is -0.800. The molecular weight excluding hydrogens is 176 g/mol. The number of likely N-dealkylation sites (N-methyl/N-ethyl adjacent to an activating group) is 1. The number of hydrogen-bond acceptors (Lipinski definition) is 3. The van der Waals surface area contributed by atoms with Crippen molar-refractivity contribution in [2.45, 2.75) is 19.9 Å². The lowest BCUT2D eigenvalue weighted by Gasteiger charge is -2.26. The Labute approximate surface area is 85.9 Å². The zero-order valence-electron chi connectivity index (χ0n) is 9.23. The summed E-state index contributed by atoms with van der Waals surface area (Å²) < 4.78 is 5.37. The number of nitrogens with zero attached hydrogens (tertiary/aromatic N) is 1. The number of furan rings is 1. The molecule has 80 valence electrons. The largest absolute Gasteiger partial charge is 0.468 e. The standard InChI is InChI=1S/C11H20N2O/c1-9(2)8-13(3)10(7-12)11-5-4-6-14-11/h4-6,9-10H,7-8,12H2,1-3H3. The Morgan fingerprint density at radius 3 is 2.64 bits per heavy atom. The van der Waals surface area contributed by atoms with Crippen LogP contribution in [-0.4, -0.2) is 25.0 Å². The molecule has 0 amide bonds. The molecule has 0 aliphatic carbocycles. The maximum absolute atomic E-state index is 5.74. The van der Waals surface area contributed by atoms with Crippen molar-refractivity contribution in [3.8, 4) is 0 Å². The first-order valence-electron chi connectivity index (χ1n) is 5.08. The van der Waals surface area contributed by atoms with Gasteiger partial charge in [-0.05, 0) is 25.1 Å². The quantitative estimate of drug-likeness (QED) is 0.781. The number of nitrogens with two attached hydrogens (primary N) is 1. The molecule has 1 aromatic rings. The van der Waals surface area contributed by atoms with Crippen molar-refractivity contribution in [1.82, 2.24) is 4.90 Å². The molecular formula is C11H20N2O. The monoisotopic (exact) mass is 196 g/mol. The molecule has 0 saturated carbocycles. The lowest BCUT2D eigenvalue weighted by atomic mass is 10.1. The van der Waals surface area contributed by atoms with Gasteiger partial charge in [0.05, 0.1) is 12.3 Å². The molecule has 0 saturated heterocycles. The fourth-order valence-corrected chi connectivity index (χ4v) is 1.70. The fourth-order valence-electron chi connectivity index (χ4n) is 1.70. The fraction of sp³-hybridized carbons (Fsp3) is 0.636. The molecule has 0 aromatic carbocycles. The van der Waals surface area contributed by atoms with Gasteiger partial charge in [0, 0.05) is 13.1 Å². The first kappa shape index (κ1) is 11.3. The van der Waals surface area contributed by atoms with E-state index in [1.54, 1.807) is 6.26 Å². The van der Waals surface area contributed by atoms with Crippen molar-refractivity contribution in [2.24, 2.45) is 11.7 Å². The summed E-state index contributed by atoms with van der Waals surface area (Å²) >= 11 is 0. The van der Waals surface area contributed by atoms with E-state index in [0.29, 0.717) is 12.5 Å². The molecule has 0 aliphatic heterocycles. The van der Waals surface area contributed by atoms with Crippen LogP contribution in [0.25, 0.3) is 0 Å². The van der Waals surface area contributed by atoms with Crippen molar-refractivity contribution < 1.29 is 4.42 Å². The van der Waals surface area contributed by atoms with Crippen LogP contribution in [0.2, 0.25) is 0 Å². The maximum atomic E-state index is 5.74. The van der Waals surface area contributed by atoms with Crippen LogP contribution in [0.4, 0.5) is 0 Å². The molecule has 0 fully saturated rings. The highest BCUT2D eigenvalue weighted by atomic mass is 16.3. The van der Waals surface area contributed by atoms with E-state index >= 15 is 0 Å². The molecule has 0 bridgehead atoms. The molecule has 0 aliphatic rings. The van der Waals surface area contributed by atoms with E-state index in [0.717, 1.165) is 12.3 Å². The smallest absolute Gasteiger partial charge is 0.122 e. The molecule has 1 aromatic heterocycles. The molecule has 1 rings (SSSR count). The molecule has 0 radical (unpaired) electrons. The molecule has 1 atom stereocenters. The van der Waals surface area contributed by atoms with Gasteiger partial charge in [-0.25, -0.2) is 0 Å². The van der Waals surface area contributed by atoms with Gasteiger partial charge in [0.25, 0.3) is 0 Å². The van der Waals surface area contributed by atoms with Crippen molar-refractivity contribution in [3.05, 3.63) is 24.2 Å². The molecule has 3 nitrogen and oxygen atoms in total. The highest BCUT2D eigenvalue weighted by molar-refractivity contribution is 5.05. The van der Waals surface area contributed by atoms with Gasteiger partial charge in [0.15, 0.2) is 0 Å². The Bertz CT molecular complexity index is 244. The zero-order valence-corrected chi connectivity index (χ0v) is 9.23. The predicted molar refractivity (Wildman–Crippen MR) is 58.0 cm³/mol. The normalized spacial score (nSPS) is 13.9. The molecule has 1 heterocycles. The van der Waals surface area contributed by atoms with E-state index in [2.05, 4.69) is 25.8 Å². The first-order valence-corrected chi connectivity index (χ1v) is 5.08. The molecule has 0 spiro atoms. The third kappa shape index (κ3) is 2.86. The zero-order chi connectivity index (χ0) is 10.6. The van der Waals surface area contributed by atoms with Crippen LogP contribution in [0.1, 0.15) is 25.6 Å². The minimum atomic E-state index is 0.201. The molecule has 1 unspecified atom stereocenters. The summed E-state index contributed by atoms with van der Waals surface area (Å²) in [5.41, 5.74) is 5.74. The van der Waals surface area contributed by atoms with Crippen molar-refractivity contribution >= 4 is 0 Å². The van der Waals surface area contributed by atoms with E-state index in [1.165, 1.54) is 0 Å². The Morgan fingerprint density at radius 1 is 1.50 bits per heavy atom. The summed E-state index contributed by atoms with van der Waals surface area (Å²) in [6, 6.07) is 4.09. The van der Waals surface area contributed by atoms with Crippen LogP contribution in [0.5, 0.6) is 0 Å². The predicted octanol–water partition coefficient (Wildman–Crippen LogP) is 1.87. The Kier molecular flexibility index (Phi) is 4.17. The van der Waals surface area contributed by atoms with Crippen LogP contribution in [-0.2, 0) is 0 Å². The van der Waals surface area contributed by atoms with E-state index in [9.17, 15) is 0 Å². The van der Waals surface area contributed by atoms with Crippen LogP contribution < -0.4 is 5.73 Å². The lowest BCUT2D eigenvalue weighted by Crippen LogP contribution is -2.32. The van der Waals surface area contributed by atoms with Crippen molar-refractivity contribution in [2.75, 3.05) is 20.1 Å². The van der Waals surface area contributed by atoms with Crippen LogP contribution in [0.3, 0.4) is 0 Å². The third-order valence-corrected chi connectivity index (χ3v) is 2.28. The van der Waals surface area contributed by atoms with Gasteiger partial charge in [-0.1, -0.05) is 13.8 Å². The maximum Gasteiger partial charge on any atom is 0.122 e. The van der Waals surface area contributed by atoms with Gasteiger partial charge in [0.1, 0.15) is 5.76 Å². The van der Waals surface area contributed by atoms with Crippen LogP contribution in [0, 0.1) is 5.92 Å². The van der Waals surface area contributed by atoms with Crippen LogP contribution in [0.15, 0.2) is 22.8 Å². The Morgan fingerprint density at radius 2 is 2.21 bits per heavy atom. The van der Waals surface area contributed by atoms with Crippen molar-refractivity contribution in [1.29, 1.82) is 0 Å². The van der Waals surface area contributed by atoms with Gasteiger partial charge in [0.2, 0.25) is 0 Å². The summed E-state index contributed by atoms with van der Waals surface area (Å²) in [5, 5.41) is 0. The molecule has 2 N–H and O–H groups in total. The van der Waals surface area contributed by atoms with E-state index in [-0.39, 0.29) is 6.04 Å². The summed E-state index contributed by atoms with van der Waals surface area (Å²) in [4.78, 5) is 2.24. The number of rotatable bonds is 5. The van der Waals surface area contributed by atoms with Crippen molar-refractivity contribution in [3.63, 3.8) is 0 Å². The summed E-state index contributed by atoms with van der Waals surface area (Å²) in [5.74, 6) is 1.60. The highest BCUT2D eigenvalue weighted by Gasteiger charge is 2.18. The van der Waals surface area contributed by atoms with E-state index < -0.39 is 0 Å². The van der Waals surface area contributed by atoms with Gasteiger partial charge in [-0.15, -0.1) is 0 Å². The second-order valence-corrected chi connectivity index (χ2v) is 4.10. The number of hydrogen-bond donors (Lipinski definition) is 1. The topological polar surface area (TPSA) is 42.4 Å². The summed E-state index contributed by atoms with van der Waals surface area (Å²) in [6.45, 7) is 6.03.